The van der Waals surface area contributed by atoms with Crippen LogP contribution < -0.4 is 10.1 Å². The Morgan fingerprint density at radius 3 is 2.75 bits per heavy atom. The molecule has 0 aromatic carbocycles. The summed E-state index contributed by atoms with van der Waals surface area (Å²) in [6.07, 6.45) is 0.927. The fourth-order valence-electron chi connectivity index (χ4n) is 2.75. The Balaban J connectivity index is 2.44. The van der Waals surface area contributed by atoms with E-state index in [9.17, 15) is 4.79 Å². The topological polar surface area (TPSA) is 69.7 Å². The number of nitrogens with zero attached hydrogens (tertiary/aromatic N) is 1. The Kier molecular flexibility index (Phi) is 4.13. The van der Waals surface area contributed by atoms with Gasteiger partial charge in [-0.05, 0) is 25.8 Å². The number of rotatable bonds is 3. The van der Waals surface area contributed by atoms with Gasteiger partial charge >= 0.3 is 6.09 Å². The van der Waals surface area contributed by atoms with Gasteiger partial charge in [0.1, 0.15) is 0 Å². The molecule has 110 valence electrons. The minimum Gasteiger partial charge on any atom is -0.481 e. The van der Waals surface area contributed by atoms with Gasteiger partial charge in [-0.2, -0.15) is 0 Å². The second-order valence-corrected chi connectivity index (χ2v) is 4.93. The summed E-state index contributed by atoms with van der Waals surface area (Å²) in [6, 6.07) is 3.70. The number of aryl methyl sites for hydroxylation is 1. The van der Waals surface area contributed by atoms with E-state index in [0.29, 0.717) is 5.88 Å². The predicted octanol–water partition coefficient (Wildman–Crippen LogP) is 1.62. The number of carbonyl (C=O) groups excluding carboxylic acids is 1. The van der Waals surface area contributed by atoms with Gasteiger partial charge in [0.2, 0.25) is 5.88 Å². The number of fused-ring (bicyclic) bond motifs is 1. The van der Waals surface area contributed by atoms with Crippen LogP contribution in [0.1, 0.15) is 24.6 Å². The Morgan fingerprint density at radius 2 is 2.15 bits per heavy atom. The molecule has 0 radical (unpaired) electrons. The molecule has 2 atom stereocenters. The highest BCUT2D eigenvalue weighted by molar-refractivity contribution is 5.69. The van der Waals surface area contributed by atoms with Gasteiger partial charge < -0.3 is 19.5 Å². The van der Waals surface area contributed by atoms with E-state index < -0.39 is 11.6 Å². The van der Waals surface area contributed by atoms with Crippen molar-refractivity contribution in [1.82, 2.24) is 10.3 Å². The van der Waals surface area contributed by atoms with Crippen LogP contribution in [0, 0.1) is 0 Å². The summed E-state index contributed by atoms with van der Waals surface area (Å²) in [5.41, 5.74) is 1.17. The molecule has 0 bridgehead atoms. The summed E-state index contributed by atoms with van der Waals surface area (Å²) in [5.74, 6) is 0.569. The molecular weight excluding hydrogens is 260 g/mol. The van der Waals surface area contributed by atoms with Crippen molar-refractivity contribution in [3.63, 3.8) is 0 Å². The van der Waals surface area contributed by atoms with E-state index in [1.807, 2.05) is 13.0 Å². The second kappa shape index (κ2) is 5.66. The van der Waals surface area contributed by atoms with Crippen molar-refractivity contribution < 1.29 is 19.0 Å². The number of hydrogen-bond donors (Lipinski definition) is 1. The zero-order chi connectivity index (χ0) is 14.8. The maximum absolute atomic E-state index is 11.6. The average molecular weight is 280 g/mol. The van der Waals surface area contributed by atoms with Crippen LogP contribution in [0.4, 0.5) is 4.79 Å². The van der Waals surface area contributed by atoms with Crippen molar-refractivity contribution in [3.05, 3.63) is 23.4 Å². The van der Waals surface area contributed by atoms with Crippen LogP contribution in [0.2, 0.25) is 0 Å². The molecule has 1 N–H and O–H groups in total. The molecule has 6 nitrogen and oxygen atoms in total. The molecule has 1 aromatic rings. The largest absolute Gasteiger partial charge is 0.481 e. The van der Waals surface area contributed by atoms with Gasteiger partial charge in [-0.1, -0.05) is 0 Å². The smallest absolute Gasteiger partial charge is 0.407 e. The maximum atomic E-state index is 11.6. The number of pyridine rings is 1. The van der Waals surface area contributed by atoms with Gasteiger partial charge in [-0.25, -0.2) is 9.78 Å². The second-order valence-electron chi connectivity index (χ2n) is 4.93. The third-order valence-electron chi connectivity index (χ3n) is 3.84. The molecule has 0 aliphatic heterocycles. The molecule has 0 fully saturated rings. The predicted molar refractivity (Wildman–Crippen MR) is 72.8 cm³/mol. The molecular formula is C14H20N2O4. The highest BCUT2D eigenvalue weighted by Gasteiger charge is 2.43. The van der Waals surface area contributed by atoms with Crippen LogP contribution in [-0.2, 0) is 21.4 Å². The van der Waals surface area contributed by atoms with Gasteiger partial charge in [0, 0.05) is 18.7 Å². The van der Waals surface area contributed by atoms with Gasteiger partial charge in [-0.15, -0.1) is 0 Å². The van der Waals surface area contributed by atoms with Crippen molar-refractivity contribution in [3.8, 4) is 5.88 Å². The van der Waals surface area contributed by atoms with E-state index in [2.05, 4.69) is 10.3 Å². The van der Waals surface area contributed by atoms with Crippen LogP contribution in [0.3, 0.4) is 0 Å². The standard InChI is InChI=1S/C14H20N2O4/c1-14(16-13(17)20-4)9-5-8-12(19-3)15-10(9)6-7-11(14)18-2/h5,8,11H,6-7H2,1-4H3,(H,16,17). The summed E-state index contributed by atoms with van der Waals surface area (Å²) in [5, 5.41) is 2.87. The number of methoxy groups -OCH3 is 3. The third-order valence-corrected chi connectivity index (χ3v) is 3.84. The Labute approximate surface area is 118 Å². The lowest BCUT2D eigenvalue weighted by Crippen LogP contribution is -2.55. The van der Waals surface area contributed by atoms with E-state index in [1.54, 1.807) is 20.3 Å². The van der Waals surface area contributed by atoms with Gasteiger partial charge in [0.05, 0.1) is 31.6 Å². The number of ether oxygens (including phenoxy) is 3. The number of nitrogens with one attached hydrogen (secondary N) is 1. The molecule has 0 saturated carbocycles. The SMILES string of the molecule is COC(=O)NC1(C)c2ccc(OC)nc2CCC1OC. The molecule has 1 amide bonds. The van der Waals surface area contributed by atoms with Crippen LogP contribution in [0.5, 0.6) is 5.88 Å². The molecule has 20 heavy (non-hydrogen) atoms. The Hall–Kier alpha value is -1.82. The zero-order valence-corrected chi connectivity index (χ0v) is 12.2. The number of alkyl carbamates (subject to hydrolysis) is 1. The highest BCUT2D eigenvalue weighted by atomic mass is 16.5. The molecule has 2 rings (SSSR count). The Morgan fingerprint density at radius 1 is 1.40 bits per heavy atom. The first-order chi connectivity index (χ1) is 9.55. The molecule has 1 aliphatic rings. The third kappa shape index (κ3) is 2.43. The number of carbonyl (C=O) groups is 1. The normalized spacial score (nSPS) is 24.7. The van der Waals surface area contributed by atoms with E-state index in [0.717, 1.165) is 24.1 Å². The van der Waals surface area contributed by atoms with Gasteiger partial charge in [-0.3, -0.25) is 0 Å². The van der Waals surface area contributed by atoms with Gasteiger partial charge in [0.15, 0.2) is 0 Å². The average Bonchev–Trinajstić information content (AvgIpc) is 2.46. The quantitative estimate of drug-likeness (QED) is 0.911. The zero-order valence-electron chi connectivity index (χ0n) is 12.2. The molecule has 1 aliphatic carbocycles. The Bertz CT molecular complexity index is 506. The lowest BCUT2D eigenvalue weighted by atomic mass is 9.77. The van der Waals surface area contributed by atoms with E-state index in [4.69, 9.17) is 14.2 Å². The fraction of sp³-hybridized carbons (Fsp3) is 0.571. The van der Waals surface area contributed by atoms with Gasteiger partial charge in [0.25, 0.3) is 0 Å². The first-order valence-corrected chi connectivity index (χ1v) is 6.48. The first kappa shape index (κ1) is 14.6. The fourth-order valence-corrected chi connectivity index (χ4v) is 2.75. The number of hydrogen-bond acceptors (Lipinski definition) is 5. The van der Waals surface area contributed by atoms with Crippen molar-refractivity contribution in [2.75, 3.05) is 21.3 Å². The minimum atomic E-state index is -0.672. The first-order valence-electron chi connectivity index (χ1n) is 6.48. The van der Waals surface area contributed by atoms with Crippen LogP contribution in [-0.4, -0.2) is 38.5 Å². The van der Waals surface area contributed by atoms with Crippen LogP contribution >= 0.6 is 0 Å². The molecule has 2 unspecified atom stereocenters. The van der Waals surface area contributed by atoms with Crippen molar-refractivity contribution in [2.45, 2.75) is 31.4 Å². The monoisotopic (exact) mass is 280 g/mol. The molecule has 1 aromatic heterocycles. The van der Waals surface area contributed by atoms with Crippen molar-refractivity contribution >= 4 is 6.09 Å². The van der Waals surface area contributed by atoms with E-state index in [-0.39, 0.29) is 6.10 Å². The maximum Gasteiger partial charge on any atom is 0.407 e. The summed E-state index contributed by atoms with van der Waals surface area (Å²) in [4.78, 5) is 16.1. The molecule has 1 heterocycles. The highest BCUT2D eigenvalue weighted by Crippen LogP contribution is 2.37. The number of amides is 1. The van der Waals surface area contributed by atoms with E-state index >= 15 is 0 Å². The van der Waals surface area contributed by atoms with Crippen molar-refractivity contribution in [2.24, 2.45) is 0 Å². The molecule has 0 saturated heterocycles. The lowest BCUT2D eigenvalue weighted by molar-refractivity contribution is 0.00913. The molecule has 0 spiro atoms. The van der Waals surface area contributed by atoms with E-state index in [1.165, 1.54) is 7.11 Å². The summed E-state index contributed by atoms with van der Waals surface area (Å²) in [7, 11) is 4.57. The summed E-state index contributed by atoms with van der Waals surface area (Å²) < 4.78 is 15.4. The lowest BCUT2D eigenvalue weighted by Gasteiger charge is -2.41. The van der Waals surface area contributed by atoms with Crippen LogP contribution in [0.25, 0.3) is 0 Å². The number of aromatic nitrogens is 1. The van der Waals surface area contributed by atoms with Crippen molar-refractivity contribution in [1.29, 1.82) is 0 Å². The van der Waals surface area contributed by atoms with Crippen LogP contribution in [0.15, 0.2) is 12.1 Å². The summed E-state index contributed by atoms with van der Waals surface area (Å²) >= 11 is 0. The minimum absolute atomic E-state index is 0.135. The molecule has 6 heteroatoms. The summed E-state index contributed by atoms with van der Waals surface area (Å²) in [6.45, 7) is 1.92.